The molecule has 1 unspecified atom stereocenters. The molecule has 0 spiro atoms. The van der Waals surface area contributed by atoms with E-state index in [0.717, 1.165) is 18.4 Å². The molecule has 22 heavy (non-hydrogen) atoms. The molecule has 0 aliphatic heterocycles. The van der Waals surface area contributed by atoms with E-state index in [2.05, 4.69) is 10.6 Å². The zero-order chi connectivity index (χ0) is 16.5. The van der Waals surface area contributed by atoms with E-state index in [-0.39, 0.29) is 0 Å². The van der Waals surface area contributed by atoms with Gasteiger partial charge in [0.1, 0.15) is 6.04 Å². The van der Waals surface area contributed by atoms with Gasteiger partial charge in [0.15, 0.2) is 0 Å². The number of anilines is 1. The lowest BCUT2D eigenvalue weighted by molar-refractivity contribution is -0.145. The predicted molar refractivity (Wildman–Crippen MR) is 88.3 cm³/mol. The number of unbranched alkanes of at least 4 members (excludes halogenated alkanes) is 1. The topological polar surface area (TPSA) is 67.4 Å². The molecule has 0 aliphatic rings. The number of nitrogens with one attached hydrogen (secondary N) is 2. The number of urea groups is 1. The summed E-state index contributed by atoms with van der Waals surface area (Å²) in [6.07, 6.45) is 2.32. The Morgan fingerprint density at radius 2 is 2.05 bits per heavy atom. The number of carbonyl (C=O) groups excluding carboxylic acids is 2. The number of amides is 2. The first-order valence-electron chi connectivity index (χ1n) is 7.48. The number of ether oxygens (including phenoxy) is 1. The highest BCUT2D eigenvalue weighted by molar-refractivity contribution is 6.31. The second-order valence-electron chi connectivity index (χ2n) is 5.01. The number of rotatable bonds is 7. The van der Waals surface area contributed by atoms with Gasteiger partial charge < -0.3 is 15.4 Å². The van der Waals surface area contributed by atoms with Crippen LogP contribution in [-0.2, 0) is 9.53 Å². The van der Waals surface area contributed by atoms with E-state index in [4.69, 9.17) is 16.3 Å². The highest BCUT2D eigenvalue weighted by Gasteiger charge is 2.21. The minimum absolute atomic E-state index is 0.290. The van der Waals surface area contributed by atoms with Crippen molar-refractivity contribution >= 4 is 29.3 Å². The molecule has 1 aromatic rings. The van der Waals surface area contributed by atoms with Crippen LogP contribution in [0.3, 0.4) is 0 Å². The SMILES string of the molecule is CCCCC(NC(=O)Nc1ccc(C)c(Cl)c1)C(=O)OCC. The highest BCUT2D eigenvalue weighted by atomic mass is 35.5. The van der Waals surface area contributed by atoms with Gasteiger partial charge in [-0.25, -0.2) is 9.59 Å². The van der Waals surface area contributed by atoms with E-state index < -0.39 is 18.0 Å². The minimum atomic E-state index is -0.638. The average Bonchev–Trinajstić information content (AvgIpc) is 2.47. The molecule has 1 aromatic carbocycles. The van der Waals surface area contributed by atoms with Gasteiger partial charge >= 0.3 is 12.0 Å². The Bertz CT molecular complexity index is 520. The molecule has 0 bridgehead atoms. The first-order chi connectivity index (χ1) is 10.5. The van der Waals surface area contributed by atoms with E-state index in [9.17, 15) is 9.59 Å². The number of halogens is 1. The van der Waals surface area contributed by atoms with Crippen LogP contribution in [0.25, 0.3) is 0 Å². The maximum absolute atomic E-state index is 12.0. The normalized spacial score (nSPS) is 11.6. The second kappa shape index (κ2) is 9.30. The van der Waals surface area contributed by atoms with Crippen molar-refractivity contribution in [1.29, 1.82) is 0 Å². The van der Waals surface area contributed by atoms with Gasteiger partial charge in [-0.15, -0.1) is 0 Å². The van der Waals surface area contributed by atoms with Crippen molar-refractivity contribution in [3.8, 4) is 0 Å². The highest BCUT2D eigenvalue weighted by Crippen LogP contribution is 2.19. The number of carbonyl (C=O) groups is 2. The average molecular weight is 327 g/mol. The summed E-state index contributed by atoms with van der Waals surface area (Å²) in [7, 11) is 0. The Kier molecular flexibility index (Phi) is 7.74. The molecule has 5 nitrogen and oxygen atoms in total. The van der Waals surface area contributed by atoms with Gasteiger partial charge in [-0.2, -0.15) is 0 Å². The van der Waals surface area contributed by atoms with Crippen LogP contribution in [0.15, 0.2) is 18.2 Å². The molecule has 0 fully saturated rings. The van der Waals surface area contributed by atoms with Crippen molar-refractivity contribution in [2.24, 2.45) is 0 Å². The van der Waals surface area contributed by atoms with Crippen molar-refractivity contribution in [2.45, 2.75) is 46.1 Å². The van der Waals surface area contributed by atoms with Crippen LogP contribution < -0.4 is 10.6 Å². The fraction of sp³-hybridized carbons (Fsp3) is 0.500. The van der Waals surface area contributed by atoms with Crippen molar-refractivity contribution in [2.75, 3.05) is 11.9 Å². The van der Waals surface area contributed by atoms with Crippen LogP contribution in [0.5, 0.6) is 0 Å². The van der Waals surface area contributed by atoms with Crippen LogP contribution >= 0.6 is 11.6 Å². The van der Waals surface area contributed by atoms with Crippen molar-refractivity contribution in [3.05, 3.63) is 28.8 Å². The van der Waals surface area contributed by atoms with Gasteiger partial charge in [0.25, 0.3) is 0 Å². The summed E-state index contributed by atoms with van der Waals surface area (Å²) in [5.74, 6) is -0.409. The second-order valence-corrected chi connectivity index (χ2v) is 5.42. The summed E-state index contributed by atoms with van der Waals surface area (Å²) in [6, 6.07) is 4.15. The van der Waals surface area contributed by atoms with E-state index in [1.807, 2.05) is 19.9 Å². The zero-order valence-corrected chi connectivity index (χ0v) is 14.0. The summed E-state index contributed by atoms with van der Waals surface area (Å²) in [5.41, 5.74) is 1.51. The molecule has 2 amide bonds. The lowest BCUT2D eigenvalue weighted by Gasteiger charge is -2.17. The van der Waals surface area contributed by atoms with Crippen LogP contribution in [-0.4, -0.2) is 24.6 Å². The maximum atomic E-state index is 12.0. The molecule has 1 rings (SSSR count). The summed E-state index contributed by atoms with van der Waals surface area (Å²) in [5, 5.41) is 5.90. The Labute approximate surface area is 136 Å². The number of aryl methyl sites for hydroxylation is 1. The monoisotopic (exact) mass is 326 g/mol. The van der Waals surface area contributed by atoms with E-state index in [1.54, 1.807) is 19.1 Å². The van der Waals surface area contributed by atoms with E-state index in [0.29, 0.717) is 23.7 Å². The number of benzene rings is 1. The largest absolute Gasteiger partial charge is 0.464 e. The number of hydrogen-bond acceptors (Lipinski definition) is 3. The molecule has 0 heterocycles. The van der Waals surface area contributed by atoms with Gasteiger partial charge in [0.2, 0.25) is 0 Å². The first kappa shape index (κ1) is 18.3. The summed E-state index contributed by atoms with van der Waals surface area (Å²) in [4.78, 5) is 23.9. The molecular weight excluding hydrogens is 304 g/mol. The molecular formula is C16H23ClN2O3. The molecule has 0 saturated carbocycles. The molecule has 0 radical (unpaired) electrons. The van der Waals surface area contributed by atoms with Gasteiger partial charge in [-0.05, 0) is 38.0 Å². The molecule has 6 heteroatoms. The number of esters is 1. The standard InChI is InChI=1S/C16H23ClN2O3/c1-4-6-7-14(15(20)22-5-2)19-16(21)18-12-9-8-11(3)13(17)10-12/h8-10,14H,4-7H2,1-3H3,(H2,18,19,21). The quantitative estimate of drug-likeness (QED) is 0.747. The van der Waals surface area contributed by atoms with Crippen LogP contribution in [0, 0.1) is 6.92 Å². The maximum Gasteiger partial charge on any atom is 0.328 e. The Hall–Kier alpha value is -1.75. The lowest BCUT2D eigenvalue weighted by Crippen LogP contribution is -2.43. The van der Waals surface area contributed by atoms with Crippen molar-refractivity contribution in [3.63, 3.8) is 0 Å². The summed E-state index contributed by atoms with van der Waals surface area (Å²) in [6.45, 7) is 5.94. The van der Waals surface area contributed by atoms with Gasteiger partial charge in [-0.3, -0.25) is 0 Å². The van der Waals surface area contributed by atoms with Gasteiger partial charge in [0.05, 0.1) is 6.61 Å². The third-order valence-electron chi connectivity index (χ3n) is 3.15. The third-order valence-corrected chi connectivity index (χ3v) is 3.56. The van der Waals surface area contributed by atoms with Crippen LogP contribution in [0.2, 0.25) is 5.02 Å². The lowest BCUT2D eigenvalue weighted by atomic mass is 10.1. The molecule has 122 valence electrons. The fourth-order valence-electron chi connectivity index (χ4n) is 1.90. The van der Waals surface area contributed by atoms with Crippen LogP contribution in [0.4, 0.5) is 10.5 Å². The van der Waals surface area contributed by atoms with Crippen molar-refractivity contribution in [1.82, 2.24) is 5.32 Å². The molecule has 2 N–H and O–H groups in total. The van der Waals surface area contributed by atoms with E-state index in [1.165, 1.54) is 0 Å². The van der Waals surface area contributed by atoms with E-state index >= 15 is 0 Å². The Morgan fingerprint density at radius 3 is 2.64 bits per heavy atom. The van der Waals surface area contributed by atoms with Gasteiger partial charge in [0, 0.05) is 10.7 Å². The van der Waals surface area contributed by atoms with Crippen LogP contribution in [0.1, 0.15) is 38.7 Å². The molecule has 1 atom stereocenters. The fourth-order valence-corrected chi connectivity index (χ4v) is 2.08. The summed E-state index contributed by atoms with van der Waals surface area (Å²) >= 11 is 6.02. The Balaban J connectivity index is 2.65. The molecule has 0 saturated heterocycles. The Morgan fingerprint density at radius 1 is 1.32 bits per heavy atom. The van der Waals surface area contributed by atoms with Gasteiger partial charge in [-0.1, -0.05) is 37.4 Å². The molecule has 0 aromatic heterocycles. The third kappa shape index (κ3) is 5.93. The molecule has 0 aliphatic carbocycles. The summed E-state index contributed by atoms with van der Waals surface area (Å²) < 4.78 is 4.98. The first-order valence-corrected chi connectivity index (χ1v) is 7.86. The zero-order valence-electron chi connectivity index (χ0n) is 13.2. The number of hydrogen-bond donors (Lipinski definition) is 2. The minimum Gasteiger partial charge on any atom is -0.464 e. The van der Waals surface area contributed by atoms with Crippen molar-refractivity contribution < 1.29 is 14.3 Å². The predicted octanol–water partition coefficient (Wildman–Crippen LogP) is 3.89. The smallest absolute Gasteiger partial charge is 0.328 e.